The molecule has 2 aromatic rings. The fourth-order valence-electron chi connectivity index (χ4n) is 1.97. The lowest BCUT2D eigenvalue weighted by Crippen LogP contribution is -2.22. The van der Waals surface area contributed by atoms with Crippen molar-refractivity contribution in [2.24, 2.45) is 0 Å². The third-order valence-corrected chi connectivity index (χ3v) is 4.47. The Morgan fingerprint density at radius 3 is 1.80 bits per heavy atom. The first-order valence-electron chi connectivity index (χ1n) is 6.79. The number of aryl methyl sites for hydroxylation is 2. The summed E-state index contributed by atoms with van der Waals surface area (Å²) in [6.45, 7) is 5.24. The zero-order valence-corrected chi connectivity index (χ0v) is 14.1. The van der Waals surface area contributed by atoms with Crippen LogP contribution >= 0.6 is 11.8 Å². The highest BCUT2D eigenvalue weighted by Crippen LogP contribution is 2.41. The van der Waals surface area contributed by atoms with Gasteiger partial charge in [0.2, 0.25) is 0 Å². The van der Waals surface area contributed by atoms with Crippen LogP contribution in [0.5, 0.6) is 0 Å². The Morgan fingerprint density at radius 1 is 1.00 bits per heavy atom. The molecule has 0 spiro atoms. The summed E-state index contributed by atoms with van der Waals surface area (Å²) >= 11 is 0.636. The van der Waals surface area contributed by atoms with Gasteiger partial charge in [-0.2, -0.15) is 0 Å². The number of nitro groups is 2. The molecule has 0 amide bonds. The highest BCUT2D eigenvalue weighted by Gasteiger charge is 2.29. The van der Waals surface area contributed by atoms with Gasteiger partial charge >= 0.3 is 0 Å². The van der Waals surface area contributed by atoms with E-state index in [9.17, 15) is 30.1 Å². The molecule has 0 radical (unpaired) electrons. The minimum atomic E-state index is -1.75. The Kier molecular flexibility index (Phi) is 4.97. The lowest BCUT2D eigenvalue weighted by Gasteiger charge is -2.09. The molecule has 0 aliphatic rings. The van der Waals surface area contributed by atoms with Gasteiger partial charge in [0.1, 0.15) is 0 Å². The van der Waals surface area contributed by atoms with Crippen LogP contribution in [0.2, 0.25) is 0 Å². The number of carbonyl (C=O) groups is 1. The lowest BCUT2D eigenvalue weighted by atomic mass is 10.2. The van der Waals surface area contributed by atoms with Crippen LogP contribution < -0.4 is 5.11 Å². The van der Waals surface area contributed by atoms with Gasteiger partial charge in [0, 0.05) is 29.1 Å². The largest absolute Gasteiger partial charge is 0.545 e. The topological polar surface area (TPSA) is 152 Å². The first kappa shape index (κ1) is 18.3. The molecule has 130 valence electrons. The Morgan fingerprint density at radius 2 is 1.44 bits per heavy atom. The number of hydrogen-bond acceptors (Lipinski definition) is 9. The summed E-state index contributed by atoms with van der Waals surface area (Å²) in [7, 11) is 0. The first-order valence-corrected chi connectivity index (χ1v) is 7.61. The highest BCUT2D eigenvalue weighted by atomic mass is 32.2. The Bertz CT molecular complexity index is 856. The number of rotatable bonds is 5. The van der Waals surface area contributed by atoms with Gasteiger partial charge in [0.05, 0.1) is 15.8 Å². The van der Waals surface area contributed by atoms with Crippen molar-refractivity contribution in [1.82, 2.24) is 9.97 Å². The summed E-state index contributed by atoms with van der Waals surface area (Å²) in [4.78, 5) is 39.7. The van der Waals surface area contributed by atoms with E-state index in [1.54, 1.807) is 20.8 Å². The highest BCUT2D eigenvalue weighted by molar-refractivity contribution is 7.99. The van der Waals surface area contributed by atoms with Crippen LogP contribution in [0.25, 0.3) is 0 Å². The van der Waals surface area contributed by atoms with Gasteiger partial charge in [-0.15, -0.1) is 0 Å². The first-order chi connectivity index (χ1) is 11.6. The van der Waals surface area contributed by atoms with Gasteiger partial charge in [0.15, 0.2) is 10.1 Å². The molecule has 0 saturated carbocycles. The van der Waals surface area contributed by atoms with E-state index in [-0.39, 0.29) is 10.1 Å². The number of benzene rings is 1. The van der Waals surface area contributed by atoms with E-state index in [0.717, 1.165) is 17.7 Å². The molecule has 11 heteroatoms. The van der Waals surface area contributed by atoms with Crippen molar-refractivity contribution in [1.29, 1.82) is 0 Å². The van der Waals surface area contributed by atoms with Crippen LogP contribution in [0, 0.1) is 41.0 Å². The van der Waals surface area contributed by atoms with Crippen LogP contribution in [-0.4, -0.2) is 25.8 Å². The minimum absolute atomic E-state index is 0.0907. The Balaban J connectivity index is 2.69. The van der Waals surface area contributed by atoms with Crippen molar-refractivity contribution in [3.05, 3.63) is 54.9 Å². The fraction of sp³-hybridized carbons (Fsp3) is 0.214. The summed E-state index contributed by atoms with van der Waals surface area (Å²) in [6.07, 6.45) is 0. The third kappa shape index (κ3) is 3.71. The molecule has 2 rings (SSSR count). The number of aromatic nitrogens is 2. The Hall–Kier alpha value is -3.08. The molecule has 0 atom stereocenters. The zero-order chi connectivity index (χ0) is 18.9. The summed E-state index contributed by atoms with van der Waals surface area (Å²) in [5, 5.41) is 33.6. The van der Waals surface area contributed by atoms with Gasteiger partial charge in [0.25, 0.3) is 11.4 Å². The van der Waals surface area contributed by atoms with Crippen LogP contribution in [0.1, 0.15) is 27.3 Å². The summed E-state index contributed by atoms with van der Waals surface area (Å²) in [5.74, 6) is -1.75. The maximum absolute atomic E-state index is 11.3. The molecule has 0 aliphatic carbocycles. The number of hydrogen-bond donors (Lipinski definition) is 0. The monoisotopic (exact) mass is 363 g/mol. The molecule has 0 unspecified atom stereocenters. The molecule has 25 heavy (non-hydrogen) atoms. The molecule has 0 fully saturated rings. The molecule has 0 N–H and O–H groups in total. The number of aromatic carboxylic acids is 1. The maximum atomic E-state index is 11.3. The average Bonchev–Trinajstić information content (AvgIpc) is 2.51. The molecular formula is C14H11N4O6S-. The molecular weight excluding hydrogens is 352 g/mol. The number of carboxylic acids is 1. The second-order valence-electron chi connectivity index (χ2n) is 5.05. The van der Waals surface area contributed by atoms with Crippen molar-refractivity contribution in [3.8, 4) is 0 Å². The molecule has 0 aliphatic heterocycles. The predicted octanol–water partition coefficient (Wildman–Crippen LogP) is 1.73. The number of nitrogens with zero attached hydrogens (tertiary/aromatic N) is 4. The molecule has 0 bridgehead atoms. The molecule has 10 nitrogen and oxygen atoms in total. The SMILES string of the molecule is Cc1nc(Sc2c([N+](=O)[O-])cc(C(=O)[O-])cc2[N+](=O)[O-])nc(C)c1C. The van der Waals surface area contributed by atoms with E-state index in [1.165, 1.54) is 0 Å². The van der Waals surface area contributed by atoms with E-state index in [2.05, 4.69) is 9.97 Å². The Labute approximate surface area is 145 Å². The summed E-state index contributed by atoms with van der Waals surface area (Å²) in [6, 6.07) is 1.44. The van der Waals surface area contributed by atoms with Crippen molar-refractivity contribution in [3.63, 3.8) is 0 Å². The third-order valence-electron chi connectivity index (χ3n) is 3.48. The van der Waals surface area contributed by atoms with Crippen molar-refractivity contribution in [2.45, 2.75) is 30.8 Å². The maximum Gasteiger partial charge on any atom is 0.291 e. The average molecular weight is 363 g/mol. The van der Waals surface area contributed by atoms with Crippen LogP contribution in [0.15, 0.2) is 22.2 Å². The summed E-state index contributed by atoms with van der Waals surface area (Å²) < 4.78 is 0. The van der Waals surface area contributed by atoms with E-state index in [0.29, 0.717) is 23.1 Å². The summed E-state index contributed by atoms with van der Waals surface area (Å²) in [5.41, 5.74) is -0.00493. The van der Waals surface area contributed by atoms with Crippen LogP contribution in [0.3, 0.4) is 0 Å². The zero-order valence-electron chi connectivity index (χ0n) is 13.3. The van der Waals surface area contributed by atoms with Crippen molar-refractivity contribution >= 4 is 29.1 Å². The van der Waals surface area contributed by atoms with Crippen molar-refractivity contribution < 1.29 is 19.7 Å². The molecule has 0 saturated heterocycles. The van der Waals surface area contributed by atoms with Gasteiger partial charge in [-0.05, 0) is 38.1 Å². The molecule has 1 aromatic heterocycles. The number of carbonyl (C=O) groups excluding carboxylic acids is 1. The number of carboxylic acid groups (broad SMARTS) is 1. The number of nitro benzene ring substituents is 2. The minimum Gasteiger partial charge on any atom is -0.545 e. The fourth-order valence-corrected chi connectivity index (χ4v) is 2.99. The van der Waals surface area contributed by atoms with E-state index in [4.69, 9.17) is 0 Å². The quantitative estimate of drug-likeness (QED) is 0.439. The van der Waals surface area contributed by atoms with Gasteiger partial charge < -0.3 is 9.90 Å². The molecule has 1 heterocycles. The second-order valence-corrected chi connectivity index (χ2v) is 6.03. The normalized spacial score (nSPS) is 10.5. The molecule has 1 aromatic carbocycles. The van der Waals surface area contributed by atoms with E-state index in [1.807, 2.05) is 0 Å². The van der Waals surface area contributed by atoms with Gasteiger partial charge in [-0.3, -0.25) is 20.2 Å². The second kappa shape index (κ2) is 6.81. The predicted molar refractivity (Wildman–Crippen MR) is 84.4 cm³/mol. The van der Waals surface area contributed by atoms with Gasteiger partial charge in [-0.25, -0.2) is 9.97 Å². The smallest absolute Gasteiger partial charge is 0.291 e. The standard InChI is InChI=1S/C14H12N4O6S/c1-6-7(2)15-14(16-8(6)3)25-12-10(17(21)22)4-9(13(19)20)5-11(12)18(23)24/h4-5H,1-3H3,(H,19,20)/p-1. The van der Waals surface area contributed by atoms with Crippen molar-refractivity contribution in [2.75, 3.05) is 0 Å². The van der Waals surface area contributed by atoms with E-state index >= 15 is 0 Å². The van der Waals surface area contributed by atoms with E-state index < -0.39 is 32.8 Å². The van der Waals surface area contributed by atoms with Crippen LogP contribution in [-0.2, 0) is 0 Å². The van der Waals surface area contributed by atoms with Gasteiger partial charge in [-0.1, -0.05) is 0 Å². The lowest BCUT2D eigenvalue weighted by molar-refractivity contribution is -0.399. The van der Waals surface area contributed by atoms with Crippen LogP contribution in [0.4, 0.5) is 11.4 Å².